The van der Waals surface area contributed by atoms with Crippen molar-refractivity contribution in [1.82, 2.24) is 4.98 Å². The number of H-pyrrole nitrogens is 1. The summed E-state index contributed by atoms with van der Waals surface area (Å²) in [6.07, 6.45) is 1.58. The van der Waals surface area contributed by atoms with Gasteiger partial charge in [-0.25, -0.2) is 4.79 Å². The maximum atomic E-state index is 11.6. The Morgan fingerprint density at radius 3 is 2.71 bits per heavy atom. The van der Waals surface area contributed by atoms with Gasteiger partial charge >= 0.3 is 5.97 Å². The molecule has 6 nitrogen and oxygen atoms in total. The Hall–Kier alpha value is -1.98. The summed E-state index contributed by atoms with van der Waals surface area (Å²) in [4.78, 5) is 28.9. The average molecular weight is 237 g/mol. The van der Waals surface area contributed by atoms with Crippen molar-refractivity contribution in [2.75, 3.05) is 23.4 Å². The van der Waals surface area contributed by atoms with Gasteiger partial charge < -0.3 is 19.9 Å². The first-order chi connectivity index (χ1) is 7.93. The molecule has 2 heterocycles. The number of aromatic nitrogens is 1. The maximum Gasteiger partial charge on any atom is 0.354 e. The molecular formula is C11H15N3O3. The fourth-order valence-electron chi connectivity index (χ4n) is 2.43. The second-order valence-electron chi connectivity index (χ2n) is 4.32. The van der Waals surface area contributed by atoms with Crippen molar-refractivity contribution in [3.05, 3.63) is 11.9 Å². The maximum absolute atomic E-state index is 11.6. The van der Waals surface area contributed by atoms with Gasteiger partial charge in [-0.2, -0.15) is 0 Å². The molecular weight excluding hydrogens is 222 g/mol. The van der Waals surface area contributed by atoms with Crippen molar-refractivity contribution >= 4 is 23.3 Å². The fraction of sp³-hybridized carbons (Fsp3) is 0.455. The van der Waals surface area contributed by atoms with Crippen molar-refractivity contribution < 1.29 is 14.7 Å². The van der Waals surface area contributed by atoms with Gasteiger partial charge in [-0.3, -0.25) is 4.79 Å². The highest BCUT2D eigenvalue weighted by molar-refractivity contribution is 6.03. The Balaban J connectivity index is 2.57. The molecule has 6 heteroatoms. The number of carboxylic acid groups (broad SMARTS) is 1. The molecule has 92 valence electrons. The first-order valence-corrected chi connectivity index (χ1v) is 5.39. The number of carbonyl (C=O) groups excluding carboxylic acids is 1. The van der Waals surface area contributed by atoms with E-state index in [9.17, 15) is 9.59 Å². The first kappa shape index (κ1) is 11.5. The average Bonchev–Trinajstić information content (AvgIpc) is 2.61. The lowest BCUT2D eigenvalue weighted by Crippen LogP contribution is -2.48. The van der Waals surface area contributed by atoms with E-state index in [0.29, 0.717) is 17.9 Å². The molecule has 0 radical (unpaired) electrons. The summed E-state index contributed by atoms with van der Waals surface area (Å²) in [7, 11) is 1.83. The summed E-state index contributed by atoms with van der Waals surface area (Å²) in [6.45, 7) is 4.04. The summed E-state index contributed by atoms with van der Waals surface area (Å²) in [6, 6.07) is 0.0300. The molecule has 1 unspecified atom stereocenters. The van der Waals surface area contributed by atoms with E-state index in [1.807, 2.05) is 18.9 Å². The number of anilines is 2. The third-order valence-corrected chi connectivity index (χ3v) is 3.01. The molecule has 2 rings (SSSR count). The number of aromatic carboxylic acids is 1. The number of carbonyl (C=O) groups is 2. The van der Waals surface area contributed by atoms with E-state index < -0.39 is 5.97 Å². The standard InChI is InChI=1S/C11H15N3O3/c1-6-5-13(3)10-8(14(6)7(2)15)4-12-9(10)11(16)17/h4,6,12H,5H2,1-3H3,(H,16,17). The number of amides is 1. The zero-order valence-corrected chi connectivity index (χ0v) is 10.0. The van der Waals surface area contributed by atoms with Crippen LogP contribution < -0.4 is 9.80 Å². The number of aromatic amines is 1. The zero-order valence-electron chi connectivity index (χ0n) is 10.0. The van der Waals surface area contributed by atoms with E-state index in [2.05, 4.69) is 4.98 Å². The van der Waals surface area contributed by atoms with E-state index in [0.717, 1.165) is 0 Å². The second-order valence-corrected chi connectivity index (χ2v) is 4.32. The quantitative estimate of drug-likeness (QED) is 0.761. The molecule has 0 saturated carbocycles. The number of nitrogens with zero attached hydrogens (tertiary/aromatic N) is 2. The molecule has 0 aromatic carbocycles. The Bertz CT molecular complexity index is 480. The van der Waals surface area contributed by atoms with E-state index in [-0.39, 0.29) is 17.6 Å². The van der Waals surface area contributed by atoms with E-state index in [1.165, 1.54) is 6.92 Å². The van der Waals surface area contributed by atoms with Crippen LogP contribution in [0.1, 0.15) is 24.3 Å². The number of carboxylic acids is 1. The predicted octanol–water partition coefficient (Wildman–Crippen LogP) is 0.904. The van der Waals surface area contributed by atoms with Gasteiger partial charge in [0.2, 0.25) is 5.91 Å². The number of hydrogen-bond acceptors (Lipinski definition) is 3. The van der Waals surface area contributed by atoms with Gasteiger partial charge in [-0.05, 0) is 6.92 Å². The lowest BCUT2D eigenvalue weighted by atomic mass is 10.1. The number of nitrogens with one attached hydrogen (secondary N) is 1. The Kier molecular flexibility index (Phi) is 2.57. The largest absolute Gasteiger partial charge is 0.477 e. The molecule has 1 aromatic rings. The highest BCUT2D eigenvalue weighted by Gasteiger charge is 2.33. The smallest absolute Gasteiger partial charge is 0.354 e. The van der Waals surface area contributed by atoms with Crippen LogP contribution >= 0.6 is 0 Å². The highest BCUT2D eigenvalue weighted by Crippen LogP contribution is 2.37. The van der Waals surface area contributed by atoms with Crippen LogP contribution in [0.5, 0.6) is 0 Å². The molecule has 0 fully saturated rings. The van der Waals surface area contributed by atoms with Gasteiger partial charge in [0.15, 0.2) is 5.69 Å². The van der Waals surface area contributed by atoms with Crippen LogP contribution in [0.3, 0.4) is 0 Å². The molecule has 0 spiro atoms. The topological polar surface area (TPSA) is 76.6 Å². The molecule has 1 aliphatic heterocycles. The van der Waals surface area contributed by atoms with Crippen LogP contribution in [0.25, 0.3) is 0 Å². The van der Waals surface area contributed by atoms with Crippen LogP contribution in [0, 0.1) is 0 Å². The number of hydrogen-bond donors (Lipinski definition) is 2. The monoisotopic (exact) mass is 237 g/mol. The minimum Gasteiger partial charge on any atom is -0.477 e. The summed E-state index contributed by atoms with van der Waals surface area (Å²) in [5, 5.41) is 9.08. The molecule has 1 atom stereocenters. The lowest BCUT2D eigenvalue weighted by Gasteiger charge is -2.38. The summed E-state index contributed by atoms with van der Waals surface area (Å²) < 4.78 is 0. The number of rotatable bonds is 1. The van der Waals surface area contributed by atoms with Crippen LogP contribution in [0.2, 0.25) is 0 Å². The fourth-order valence-corrected chi connectivity index (χ4v) is 2.43. The molecule has 1 amide bonds. The molecule has 1 aliphatic rings. The van der Waals surface area contributed by atoms with Gasteiger partial charge in [0.05, 0.1) is 17.4 Å². The predicted molar refractivity (Wildman–Crippen MR) is 63.6 cm³/mol. The Morgan fingerprint density at radius 2 is 2.18 bits per heavy atom. The normalized spacial score (nSPS) is 19.1. The van der Waals surface area contributed by atoms with Gasteiger partial charge in [-0.1, -0.05) is 0 Å². The van der Waals surface area contributed by atoms with E-state index >= 15 is 0 Å². The number of fused-ring (bicyclic) bond motifs is 1. The third-order valence-electron chi connectivity index (χ3n) is 3.01. The van der Waals surface area contributed by atoms with Crippen molar-refractivity contribution in [2.24, 2.45) is 0 Å². The van der Waals surface area contributed by atoms with Crippen LogP contribution in [-0.2, 0) is 4.79 Å². The summed E-state index contributed by atoms with van der Waals surface area (Å²) in [5.41, 5.74) is 1.34. The minimum absolute atomic E-state index is 0.0300. The molecule has 0 saturated heterocycles. The minimum atomic E-state index is -1.02. The molecule has 2 N–H and O–H groups in total. The Labute approximate surface area is 98.8 Å². The Morgan fingerprint density at radius 1 is 1.53 bits per heavy atom. The van der Waals surface area contributed by atoms with Crippen LogP contribution in [0.4, 0.5) is 11.4 Å². The SMILES string of the molecule is CC(=O)N1c2c[nH]c(C(=O)O)c2N(C)CC1C. The zero-order chi connectivity index (χ0) is 12.7. The summed E-state index contributed by atoms with van der Waals surface area (Å²) >= 11 is 0. The van der Waals surface area contributed by atoms with E-state index in [4.69, 9.17) is 5.11 Å². The van der Waals surface area contributed by atoms with Gasteiger partial charge in [0.1, 0.15) is 0 Å². The molecule has 0 aliphatic carbocycles. The van der Waals surface area contributed by atoms with Gasteiger partial charge in [-0.15, -0.1) is 0 Å². The van der Waals surface area contributed by atoms with Gasteiger partial charge in [0, 0.05) is 26.7 Å². The van der Waals surface area contributed by atoms with Crippen molar-refractivity contribution in [2.45, 2.75) is 19.9 Å². The molecule has 0 bridgehead atoms. The van der Waals surface area contributed by atoms with Gasteiger partial charge in [0.25, 0.3) is 0 Å². The number of likely N-dealkylation sites (N-methyl/N-ethyl adjacent to an activating group) is 1. The van der Waals surface area contributed by atoms with E-state index in [1.54, 1.807) is 11.1 Å². The molecule has 1 aromatic heterocycles. The summed E-state index contributed by atoms with van der Waals surface area (Å²) in [5.74, 6) is -1.10. The lowest BCUT2D eigenvalue weighted by molar-refractivity contribution is -0.117. The second kappa shape index (κ2) is 3.80. The van der Waals surface area contributed by atoms with Crippen molar-refractivity contribution in [1.29, 1.82) is 0 Å². The highest BCUT2D eigenvalue weighted by atomic mass is 16.4. The van der Waals surface area contributed by atoms with Crippen LogP contribution in [0.15, 0.2) is 6.20 Å². The van der Waals surface area contributed by atoms with Crippen molar-refractivity contribution in [3.63, 3.8) is 0 Å². The van der Waals surface area contributed by atoms with Crippen molar-refractivity contribution in [3.8, 4) is 0 Å². The van der Waals surface area contributed by atoms with Crippen LogP contribution in [-0.4, -0.2) is 41.6 Å². The molecule has 17 heavy (non-hydrogen) atoms. The first-order valence-electron chi connectivity index (χ1n) is 5.39. The third kappa shape index (κ3) is 1.65.